The molecule has 5 rings (SSSR count). The molecule has 0 amide bonds. The monoisotopic (exact) mass is 441 g/mol. The lowest BCUT2D eigenvalue weighted by Gasteiger charge is -2.24. The topological polar surface area (TPSA) is 73.1 Å². The first kappa shape index (κ1) is 21.3. The van der Waals surface area contributed by atoms with E-state index >= 15 is 0 Å². The highest BCUT2D eigenvalue weighted by Gasteiger charge is 2.18. The van der Waals surface area contributed by atoms with Crippen LogP contribution in [0, 0.1) is 0 Å². The summed E-state index contributed by atoms with van der Waals surface area (Å²) >= 11 is 0. The van der Waals surface area contributed by atoms with Crippen LogP contribution in [0.1, 0.15) is 35.7 Å². The number of hydrogen-bond acceptors (Lipinski definition) is 6. The molecule has 3 aromatic heterocycles. The summed E-state index contributed by atoms with van der Waals surface area (Å²) in [6.45, 7) is 6.71. The number of nitrogens with zero attached hydrogens (tertiary/aromatic N) is 5. The molecule has 7 heteroatoms. The van der Waals surface area contributed by atoms with Crippen molar-refractivity contribution >= 4 is 16.7 Å². The Morgan fingerprint density at radius 2 is 1.85 bits per heavy atom. The van der Waals surface area contributed by atoms with E-state index in [1.807, 2.05) is 44.4 Å². The molecule has 0 aliphatic carbocycles. The Morgan fingerprint density at radius 1 is 1.03 bits per heavy atom. The molecule has 0 saturated heterocycles. The molecule has 0 unspecified atom stereocenters. The SMILES string of the molecule is CC(C)Oc1ccc(C(=O)Cc2cc3cc(-c4cnc5n4CCN(C)C5)cnc3cn2)cc1. The quantitative estimate of drug-likeness (QED) is 0.419. The van der Waals surface area contributed by atoms with Gasteiger partial charge >= 0.3 is 0 Å². The lowest BCUT2D eigenvalue weighted by molar-refractivity contribution is 0.0992. The number of Topliss-reactive ketones (excluding diaryl/α,β-unsaturated/α-hetero) is 1. The van der Waals surface area contributed by atoms with Crippen molar-refractivity contribution in [3.63, 3.8) is 0 Å². The van der Waals surface area contributed by atoms with E-state index in [-0.39, 0.29) is 18.3 Å². The van der Waals surface area contributed by atoms with Gasteiger partial charge in [0.1, 0.15) is 11.6 Å². The predicted octanol–water partition coefficient (Wildman–Crippen LogP) is 4.15. The smallest absolute Gasteiger partial charge is 0.168 e. The van der Waals surface area contributed by atoms with E-state index in [1.54, 1.807) is 18.3 Å². The second-order valence-electron chi connectivity index (χ2n) is 8.83. The number of ketones is 1. The molecule has 7 nitrogen and oxygen atoms in total. The van der Waals surface area contributed by atoms with Crippen LogP contribution in [0.15, 0.2) is 55.0 Å². The lowest BCUT2D eigenvalue weighted by atomic mass is 10.0. The summed E-state index contributed by atoms with van der Waals surface area (Å²) in [7, 11) is 2.11. The van der Waals surface area contributed by atoms with Crippen molar-refractivity contribution in [2.75, 3.05) is 13.6 Å². The molecular formula is C26H27N5O2. The van der Waals surface area contributed by atoms with Crippen LogP contribution < -0.4 is 4.74 Å². The molecule has 0 bridgehead atoms. The molecule has 1 aliphatic heterocycles. The van der Waals surface area contributed by atoms with Crippen LogP contribution in [0.3, 0.4) is 0 Å². The molecule has 0 spiro atoms. The largest absolute Gasteiger partial charge is 0.491 e. The molecule has 0 radical (unpaired) electrons. The zero-order chi connectivity index (χ0) is 22.9. The first-order valence-electron chi connectivity index (χ1n) is 11.2. The maximum absolute atomic E-state index is 12.8. The Bertz CT molecular complexity index is 1310. The fraction of sp³-hybridized carbons (Fsp3) is 0.308. The Labute approximate surface area is 193 Å². The second kappa shape index (κ2) is 8.75. The van der Waals surface area contributed by atoms with Crippen LogP contribution in [-0.4, -0.2) is 49.9 Å². The second-order valence-corrected chi connectivity index (χ2v) is 8.83. The molecular weight excluding hydrogens is 414 g/mol. The number of pyridine rings is 2. The van der Waals surface area contributed by atoms with Crippen LogP contribution >= 0.6 is 0 Å². The van der Waals surface area contributed by atoms with E-state index in [4.69, 9.17) is 4.74 Å². The first-order chi connectivity index (χ1) is 16.0. The minimum atomic E-state index is 0.0241. The van der Waals surface area contributed by atoms with E-state index in [1.165, 1.54) is 0 Å². The molecule has 33 heavy (non-hydrogen) atoms. The van der Waals surface area contributed by atoms with Gasteiger partial charge < -0.3 is 9.30 Å². The zero-order valence-electron chi connectivity index (χ0n) is 19.2. The van der Waals surface area contributed by atoms with Gasteiger partial charge in [-0.25, -0.2) is 4.98 Å². The highest BCUT2D eigenvalue weighted by Crippen LogP contribution is 2.26. The number of carbonyl (C=O) groups is 1. The average molecular weight is 442 g/mol. The fourth-order valence-electron chi connectivity index (χ4n) is 4.18. The van der Waals surface area contributed by atoms with E-state index in [9.17, 15) is 4.79 Å². The zero-order valence-corrected chi connectivity index (χ0v) is 19.2. The summed E-state index contributed by atoms with van der Waals surface area (Å²) in [5, 5.41) is 0.967. The molecule has 168 valence electrons. The van der Waals surface area contributed by atoms with Gasteiger partial charge in [-0.1, -0.05) is 0 Å². The number of rotatable bonds is 6. The van der Waals surface area contributed by atoms with Gasteiger partial charge in [-0.05, 0) is 57.3 Å². The van der Waals surface area contributed by atoms with Gasteiger partial charge in [0.25, 0.3) is 0 Å². The van der Waals surface area contributed by atoms with Gasteiger partial charge in [-0.2, -0.15) is 0 Å². The van der Waals surface area contributed by atoms with Gasteiger partial charge in [0.2, 0.25) is 0 Å². The van der Waals surface area contributed by atoms with E-state index in [0.717, 1.165) is 59.1 Å². The number of imidazole rings is 1. The number of carbonyl (C=O) groups excluding carboxylic acids is 1. The van der Waals surface area contributed by atoms with Gasteiger partial charge in [0, 0.05) is 41.5 Å². The predicted molar refractivity (Wildman–Crippen MR) is 127 cm³/mol. The van der Waals surface area contributed by atoms with Crippen LogP contribution in [0.25, 0.3) is 22.2 Å². The van der Waals surface area contributed by atoms with Crippen molar-refractivity contribution in [3.8, 4) is 17.0 Å². The van der Waals surface area contributed by atoms with Crippen molar-refractivity contribution in [2.24, 2.45) is 0 Å². The van der Waals surface area contributed by atoms with Crippen molar-refractivity contribution in [1.29, 1.82) is 0 Å². The summed E-state index contributed by atoms with van der Waals surface area (Å²) in [6, 6.07) is 11.4. The molecule has 0 saturated carbocycles. The number of fused-ring (bicyclic) bond motifs is 2. The Kier molecular flexibility index (Phi) is 5.64. The molecule has 4 heterocycles. The minimum Gasteiger partial charge on any atom is -0.491 e. The molecule has 0 fully saturated rings. The number of hydrogen-bond donors (Lipinski definition) is 0. The molecule has 1 aliphatic rings. The average Bonchev–Trinajstić information content (AvgIpc) is 3.21. The van der Waals surface area contributed by atoms with E-state index in [0.29, 0.717) is 5.56 Å². The van der Waals surface area contributed by atoms with Crippen molar-refractivity contribution in [3.05, 3.63) is 72.1 Å². The third kappa shape index (κ3) is 4.50. The van der Waals surface area contributed by atoms with E-state index < -0.39 is 0 Å². The number of benzene rings is 1. The normalized spacial score (nSPS) is 13.9. The summed E-state index contributed by atoms with van der Waals surface area (Å²) in [5.41, 5.74) is 4.28. The summed E-state index contributed by atoms with van der Waals surface area (Å²) < 4.78 is 7.92. The van der Waals surface area contributed by atoms with Gasteiger partial charge in [-0.3, -0.25) is 19.7 Å². The minimum absolute atomic E-state index is 0.0241. The number of likely N-dealkylation sites (N-methyl/N-ethyl adjacent to an activating group) is 1. The third-order valence-electron chi connectivity index (χ3n) is 5.86. The molecule has 1 aromatic carbocycles. The standard InChI is InChI=1S/C26H27N5O2/c1-17(2)33-22-6-4-18(5-7-22)25(32)12-21-11-19-10-20(13-28-23(19)14-27-21)24-15-29-26-16-30(3)8-9-31(24)26/h4-7,10-11,13-15,17H,8-9,12,16H2,1-3H3. The van der Waals surface area contributed by atoms with E-state index in [2.05, 4.69) is 37.5 Å². The van der Waals surface area contributed by atoms with Crippen LogP contribution in [0.2, 0.25) is 0 Å². The highest BCUT2D eigenvalue weighted by molar-refractivity contribution is 5.97. The third-order valence-corrected chi connectivity index (χ3v) is 5.86. The van der Waals surface area contributed by atoms with Crippen LogP contribution in [0.4, 0.5) is 0 Å². The first-order valence-corrected chi connectivity index (χ1v) is 11.2. The Morgan fingerprint density at radius 3 is 2.64 bits per heavy atom. The van der Waals surface area contributed by atoms with Crippen molar-refractivity contribution < 1.29 is 9.53 Å². The summed E-state index contributed by atoms with van der Waals surface area (Å²) in [6.07, 6.45) is 5.87. The fourth-order valence-corrected chi connectivity index (χ4v) is 4.18. The van der Waals surface area contributed by atoms with Gasteiger partial charge in [0.15, 0.2) is 5.78 Å². The van der Waals surface area contributed by atoms with Gasteiger partial charge in [-0.15, -0.1) is 0 Å². The van der Waals surface area contributed by atoms with Crippen LogP contribution in [-0.2, 0) is 19.5 Å². The number of ether oxygens (including phenoxy) is 1. The maximum Gasteiger partial charge on any atom is 0.168 e. The molecule has 0 N–H and O–H groups in total. The van der Waals surface area contributed by atoms with Gasteiger partial charge in [0.05, 0.1) is 42.7 Å². The number of aromatic nitrogens is 4. The molecule has 0 atom stereocenters. The lowest BCUT2D eigenvalue weighted by Crippen LogP contribution is -2.30. The Hall–Kier alpha value is -3.58. The maximum atomic E-state index is 12.8. The summed E-state index contributed by atoms with van der Waals surface area (Å²) in [4.78, 5) is 28.8. The van der Waals surface area contributed by atoms with Crippen LogP contribution in [0.5, 0.6) is 5.75 Å². The summed E-state index contributed by atoms with van der Waals surface area (Å²) in [5.74, 6) is 1.86. The Balaban J connectivity index is 1.38. The molecule has 4 aromatic rings. The van der Waals surface area contributed by atoms with Crippen molar-refractivity contribution in [1.82, 2.24) is 24.4 Å². The highest BCUT2D eigenvalue weighted by atomic mass is 16.5. The van der Waals surface area contributed by atoms with Crippen molar-refractivity contribution in [2.45, 2.75) is 39.5 Å².